The van der Waals surface area contributed by atoms with Crippen LogP contribution in [0.25, 0.3) is 22.7 Å². The van der Waals surface area contributed by atoms with Gasteiger partial charge in [-0.15, -0.1) is 0 Å². The van der Waals surface area contributed by atoms with Crippen LogP contribution in [0.2, 0.25) is 0 Å². The maximum absolute atomic E-state index is 14.6. The quantitative estimate of drug-likeness (QED) is 0.295. The lowest BCUT2D eigenvalue weighted by Crippen LogP contribution is -2.36. The highest BCUT2D eigenvalue weighted by Crippen LogP contribution is 2.47. The number of halogens is 1. The molecule has 1 N–H and O–H groups in total. The van der Waals surface area contributed by atoms with Gasteiger partial charge in [0, 0.05) is 22.7 Å². The summed E-state index contributed by atoms with van der Waals surface area (Å²) < 4.78 is 44.9. The van der Waals surface area contributed by atoms with Crippen molar-refractivity contribution >= 4 is 32.7 Å². The molecule has 5 aromatic rings. The first kappa shape index (κ1) is 22.3. The minimum absolute atomic E-state index is 0.180. The first-order valence-corrected chi connectivity index (χ1v) is 13.1. The van der Waals surface area contributed by atoms with Gasteiger partial charge in [-0.3, -0.25) is 4.31 Å². The van der Waals surface area contributed by atoms with Gasteiger partial charge < -0.3 is 4.98 Å². The average Bonchev–Trinajstić information content (AvgIpc) is 3.32. The van der Waals surface area contributed by atoms with Crippen LogP contribution in [0, 0.1) is 12.7 Å². The van der Waals surface area contributed by atoms with Crippen LogP contribution in [0.1, 0.15) is 33.9 Å². The number of nitrogens with zero attached hydrogens (tertiary/aromatic N) is 1. The van der Waals surface area contributed by atoms with Crippen molar-refractivity contribution in [1.82, 2.24) is 9.29 Å². The second-order valence-electron chi connectivity index (χ2n) is 8.97. The molecule has 0 saturated heterocycles. The largest absolute Gasteiger partial charge is 0.361 e. The maximum atomic E-state index is 14.6. The summed E-state index contributed by atoms with van der Waals surface area (Å²) in [6, 6.07) is 27.8. The molecule has 6 rings (SSSR count). The molecule has 0 saturated carbocycles. The molecular formula is C30H23FN2O2S. The van der Waals surface area contributed by atoms with E-state index in [9.17, 15) is 12.8 Å². The van der Waals surface area contributed by atoms with Crippen LogP contribution < -0.4 is 0 Å². The van der Waals surface area contributed by atoms with E-state index in [0.717, 1.165) is 33.2 Å². The molecule has 2 heterocycles. The number of hydrogen-bond donors (Lipinski definition) is 1. The molecule has 0 radical (unpaired) electrons. The number of sulfonamides is 1. The Morgan fingerprint density at radius 3 is 2.33 bits per heavy atom. The Bertz CT molecular complexity index is 1720. The molecule has 36 heavy (non-hydrogen) atoms. The molecule has 1 aromatic heterocycles. The lowest BCUT2D eigenvalue weighted by atomic mass is 9.89. The van der Waals surface area contributed by atoms with Gasteiger partial charge in [0.2, 0.25) is 0 Å². The number of fused-ring (bicyclic) bond motifs is 2. The average molecular weight is 495 g/mol. The number of aromatic amines is 1. The van der Waals surface area contributed by atoms with Crippen molar-refractivity contribution in [2.45, 2.75) is 17.9 Å². The zero-order valence-electron chi connectivity index (χ0n) is 19.5. The normalized spacial score (nSPS) is 15.6. The van der Waals surface area contributed by atoms with Gasteiger partial charge in [0.1, 0.15) is 5.82 Å². The number of benzene rings is 4. The van der Waals surface area contributed by atoms with E-state index >= 15 is 0 Å². The third-order valence-electron chi connectivity index (χ3n) is 6.67. The summed E-state index contributed by atoms with van der Waals surface area (Å²) in [5.74, 6) is -0.414. The molecular weight excluding hydrogens is 471 g/mol. The minimum Gasteiger partial charge on any atom is -0.361 e. The van der Waals surface area contributed by atoms with Gasteiger partial charge in [0.05, 0.1) is 16.6 Å². The van der Waals surface area contributed by atoms with E-state index in [1.807, 2.05) is 73.8 Å². The summed E-state index contributed by atoms with van der Waals surface area (Å²) >= 11 is 0. The maximum Gasteiger partial charge on any atom is 0.265 e. The molecule has 0 spiro atoms. The molecule has 1 aliphatic heterocycles. The Morgan fingerprint density at radius 1 is 0.833 bits per heavy atom. The van der Waals surface area contributed by atoms with E-state index in [2.05, 4.69) is 4.98 Å². The Balaban J connectivity index is 1.69. The number of aromatic nitrogens is 1. The molecule has 0 bridgehead atoms. The van der Waals surface area contributed by atoms with E-state index in [1.54, 1.807) is 30.3 Å². The van der Waals surface area contributed by atoms with Crippen molar-refractivity contribution in [1.29, 1.82) is 0 Å². The number of para-hydroxylation sites is 1. The van der Waals surface area contributed by atoms with E-state index in [-0.39, 0.29) is 4.90 Å². The Hall–Kier alpha value is -4.16. The van der Waals surface area contributed by atoms with Gasteiger partial charge in [-0.2, -0.15) is 0 Å². The molecule has 178 valence electrons. The topological polar surface area (TPSA) is 53.2 Å². The highest BCUT2D eigenvalue weighted by Gasteiger charge is 2.40. The van der Waals surface area contributed by atoms with Gasteiger partial charge in [-0.05, 0) is 60.0 Å². The molecule has 6 heteroatoms. The summed E-state index contributed by atoms with van der Waals surface area (Å²) in [4.78, 5) is 3.45. The smallest absolute Gasteiger partial charge is 0.265 e. The first-order valence-electron chi connectivity index (χ1n) is 11.7. The molecule has 0 fully saturated rings. The highest BCUT2D eigenvalue weighted by atomic mass is 32.2. The zero-order valence-corrected chi connectivity index (χ0v) is 20.3. The third-order valence-corrected chi connectivity index (χ3v) is 8.46. The molecule has 1 aliphatic rings. The monoisotopic (exact) mass is 494 g/mol. The number of rotatable bonds is 4. The highest BCUT2D eigenvalue weighted by molar-refractivity contribution is 7.89. The fraction of sp³-hybridized carbons (Fsp3) is 0.0667. The minimum atomic E-state index is -4.05. The van der Waals surface area contributed by atoms with Gasteiger partial charge in [0.25, 0.3) is 10.0 Å². The third kappa shape index (κ3) is 3.62. The standard InChI is InChI=1S/C30H23FN2O2S/c1-20-11-15-24(16-12-20)36(34,35)33-29(21-7-3-2-4-8-21)17-22-13-14-23(31)18-26(22)30(33)27-19-32-28-10-6-5-9-25(27)28/h2-19,30,32H,1H3/t30-/m1/s1. The SMILES string of the molecule is Cc1ccc(S(=O)(=O)N2C(c3ccccc3)=Cc3ccc(F)cc3[C@@H]2c2c[nH]c3ccccc23)cc1. The number of hydrogen-bond acceptors (Lipinski definition) is 2. The lowest BCUT2D eigenvalue weighted by Gasteiger charge is -2.38. The van der Waals surface area contributed by atoms with Crippen LogP contribution in [0.15, 0.2) is 108 Å². The Kier molecular flexibility index (Phi) is 5.27. The van der Waals surface area contributed by atoms with E-state index in [4.69, 9.17) is 0 Å². The van der Waals surface area contributed by atoms with Gasteiger partial charge in [-0.1, -0.05) is 72.3 Å². The van der Waals surface area contributed by atoms with E-state index in [0.29, 0.717) is 11.3 Å². The molecule has 0 unspecified atom stereocenters. The number of aryl methyl sites for hydroxylation is 1. The van der Waals surface area contributed by atoms with Crippen LogP contribution >= 0.6 is 0 Å². The Labute approximate surface area is 209 Å². The van der Waals surface area contributed by atoms with E-state index < -0.39 is 21.9 Å². The predicted molar refractivity (Wildman–Crippen MR) is 141 cm³/mol. The summed E-state index contributed by atoms with van der Waals surface area (Å²) in [5, 5.41) is 0.885. The first-order chi connectivity index (χ1) is 17.4. The lowest BCUT2D eigenvalue weighted by molar-refractivity contribution is 0.461. The summed E-state index contributed by atoms with van der Waals surface area (Å²) in [6.07, 6.45) is 3.66. The zero-order chi connectivity index (χ0) is 24.9. The molecule has 4 nitrogen and oxygen atoms in total. The van der Waals surface area contributed by atoms with Crippen molar-refractivity contribution in [2.24, 2.45) is 0 Å². The van der Waals surface area contributed by atoms with Crippen molar-refractivity contribution in [3.05, 3.63) is 137 Å². The van der Waals surface area contributed by atoms with Crippen molar-refractivity contribution in [3.63, 3.8) is 0 Å². The second kappa shape index (κ2) is 8.50. The summed E-state index contributed by atoms with van der Waals surface area (Å²) in [6.45, 7) is 1.92. The predicted octanol–water partition coefficient (Wildman–Crippen LogP) is 6.91. The number of nitrogens with one attached hydrogen (secondary N) is 1. The molecule has 1 atom stereocenters. The number of H-pyrrole nitrogens is 1. The van der Waals surface area contributed by atoms with Crippen LogP contribution in [0.4, 0.5) is 4.39 Å². The second-order valence-corrected chi connectivity index (χ2v) is 10.8. The Morgan fingerprint density at radius 2 is 1.56 bits per heavy atom. The van der Waals surface area contributed by atoms with Crippen LogP contribution in [-0.4, -0.2) is 17.7 Å². The van der Waals surface area contributed by atoms with Gasteiger partial charge in [-0.25, -0.2) is 12.8 Å². The summed E-state index contributed by atoms with van der Waals surface area (Å²) in [5.41, 5.74) is 5.27. The molecule has 4 aromatic carbocycles. The van der Waals surface area contributed by atoms with Crippen molar-refractivity contribution in [2.75, 3.05) is 0 Å². The summed E-state index contributed by atoms with van der Waals surface area (Å²) in [7, 11) is -4.05. The van der Waals surface area contributed by atoms with Crippen molar-refractivity contribution < 1.29 is 12.8 Å². The van der Waals surface area contributed by atoms with Crippen LogP contribution in [0.5, 0.6) is 0 Å². The van der Waals surface area contributed by atoms with Crippen molar-refractivity contribution in [3.8, 4) is 0 Å². The van der Waals surface area contributed by atoms with Gasteiger partial charge >= 0.3 is 0 Å². The van der Waals surface area contributed by atoms with E-state index in [1.165, 1.54) is 16.4 Å². The fourth-order valence-electron chi connectivity index (χ4n) is 4.92. The van der Waals surface area contributed by atoms with Crippen LogP contribution in [-0.2, 0) is 10.0 Å². The van der Waals surface area contributed by atoms with Gasteiger partial charge in [0.15, 0.2) is 0 Å². The molecule has 0 aliphatic carbocycles. The fourth-order valence-corrected chi connectivity index (χ4v) is 6.54. The van der Waals surface area contributed by atoms with Crippen LogP contribution in [0.3, 0.4) is 0 Å². The molecule has 0 amide bonds.